The van der Waals surface area contributed by atoms with Gasteiger partial charge in [0.15, 0.2) is 0 Å². The fourth-order valence-corrected chi connectivity index (χ4v) is 2.92. The molecule has 7 N–H and O–H groups in total. The number of rotatable bonds is 9. The number of aliphatic hydroxyl groups is 5. The van der Waals surface area contributed by atoms with Crippen molar-refractivity contribution in [2.24, 2.45) is 0 Å². The van der Waals surface area contributed by atoms with Gasteiger partial charge in [-0.2, -0.15) is 0 Å². The van der Waals surface area contributed by atoms with E-state index in [9.17, 15) is 30.3 Å². The van der Waals surface area contributed by atoms with Gasteiger partial charge in [-0.15, -0.1) is 0 Å². The van der Waals surface area contributed by atoms with Crippen LogP contribution in [0.5, 0.6) is 0 Å². The Morgan fingerprint density at radius 2 is 1.81 bits per heavy atom. The van der Waals surface area contributed by atoms with E-state index >= 15 is 0 Å². The Morgan fingerprint density at radius 1 is 1.15 bits per heavy atom. The molecule has 0 aliphatic heterocycles. The molecule has 9 heteroatoms. The summed E-state index contributed by atoms with van der Waals surface area (Å²) < 4.78 is 4.85. The molecule has 0 spiro atoms. The maximum Gasteiger partial charge on any atom is 0.407 e. The van der Waals surface area contributed by atoms with E-state index in [2.05, 4.69) is 10.6 Å². The minimum absolute atomic E-state index is 0.0731. The van der Waals surface area contributed by atoms with Gasteiger partial charge in [0.2, 0.25) is 0 Å². The van der Waals surface area contributed by atoms with Crippen LogP contribution < -0.4 is 10.6 Å². The molecule has 1 aliphatic carbocycles. The molecule has 1 amide bonds. The van der Waals surface area contributed by atoms with Crippen LogP contribution in [0.25, 0.3) is 0 Å². The van der Waals surface area contributed by atoms with E-state index in [1.54, 1.807) is 26.0 Å². The standard InChI is InChI=1S/C18H34N2O7/c1-3-11(21)9-15(23)13(20-18(26)27-4-2)10-19-12-7-5-6-8-14(22)17(25)16(12)24/h5-6,11-17,19,21-25H,3-4,7-10H2,1-2H3,(H,20,26)/b6-5-. The SMILES string of the molecule is CCOC(=O)NC(CNC1C/C=C\CC(O)C(O)C1O)C(O)CC(O)CC. The van der Waals surface area contributed by atoms with Gasteiger partial charge in [-0.05, 0) is 26.2 Å². The Morgan fingerprint density at radius 3 is 2.44 bits per heavy atom. The van der Waals surface area contributed by atoms with Crippen LogP contribution in [0.1, 0.15) is 39.5 Å². The van der Waals surface area contributed by atoms with Gasteiger partial charge in [0.25, 0.3) is 0 Å². The molecule has 9 nitrogen and oxygen atoms in total. The minimum Gasteiger partial charge on any atom is -0.450 e. The number of amides is 1. The van der Waals surface area contributed by atoms with E-state index in [4.69, 9.17) is 4.74 Å². The van der Waals surface area contributed by atoms with Crippen molar-refractivity contribution < 1.29 is 35.1 Å². The molecular weight excluding hydrogens is 356 g/mol. The third kappa shape index (κ3) is 8.12. The van der Waals surface area contributed by atoms with E-state index in [0.29, 0.717) is 12.8 Å². The summed E-state index contributed by atoms with van der Waals surface area (Å²) in [6, 6.07) is -1.35. The molecule has 158 valence electrons. The Kier molecular flexibility index (Phi) is 10.8. The predicted octanol–water partition coefficient (Wildman–Crippen LogP) is -0.986. The quantitative estimate of drug-likeness (QED) is 0.248. The summed E-state index contributed by atoms with van der Waals surface area (Å²) in [6.07, 6.45) is -1.31. The van der Waals surface area contributed by atoms with Crippen molar-refractivity contribution in [3.05, 3.63) is 12.2 Å². The van der Waals surface area contributed by atoms with Gasteiger partial charge in [-0.1, -0.05) is 19.1 Å². The van der Waals surface area contributed by atoms with Crippen molar-refractivity contribution in [3.8, 4) is 0 Å². The topological polar surface area (TPSA) is 152 Å². The summed E-state index contributed by atoms with van der Waals surface area (Å²) in [5, 5.41) is 55.9. The Balaban J connectivity index is 2.76. The molecular formula is C18H34N2O7. The van der Waals surface area contributed by atoms with Crippen LogP contribution >= 0.6 is 0 Å². The van der Waals surface area contributed by atoms with Gasteiger partial charge in [0.1, 0.15) is 6.10 Å². The highest BCUT2D eigenvalue weighted by Crippen LogP contribution is 2.15. The van der Waals surface area contributed by atoms with Crippen LogP contribution in [0.15, 0.2) is 12.2 Å². The van der Waals surface area contributed by atoms with Gasteiger partial charge >= 0.3 is 6.09 Å². The molecule has 7 unspecified atom stereocenters. The molecule has 27 heavy (non-hydrogen) atoms. The zero-order valence-corrected chi connectivity index (χ0v) is 16.0. The zero-order chi connectivity index (χ0) is 20.4. The summed E-state index contributed by atoms with van der Waals surface area (Å²) >= 11 is 0. The summed E-state index contributed by atoms with van der Waals surface area (Å²) in [7, 11) is 0. The number of hydrogen-bond acceptors (Lipinski definition) is 8. The molecule has 0 aromatic rings. The van der Waals surface area contributed by atoms with E-state index in [-0.39, 0.29) is 26.0 Å². The molecule has 0 bridgehead atoms. The number of hydrogen-bond donors (Lipinski definition) is 7. The molecule has 0 fully saturated rings. The van der Waals surface area contributed by atoms with Gasteiger partial charge in [0.05, 0.1) is 37.1 Å². The first-order valence-electron chi connectivity index (χ1n) is 9.52. The fourth-order valence-electron chi connectivity index (χ4n) is 2.92. The molecule has 7 atom stereocenters. The van der Waals surface area contributed by atoms with Crippen molar-refractivity contribution in [3.63, 3.8) is 0 Å². The van der Waals surface area contributed by atoms with Crippen LogP contribution in [0.3, 0.4) is 0 Å². The van der Waals surface area contributed by atoms with E-state index in [1.165, 1.54) is 0 Å². The smallest absolute Gasteiger partial charge is 0.407 e. The summed E-state index contributed by atoms with van der Waals surface area (Å²) in [5.41, 5.74) is 0. The van der Waals surface area contributed by atoms with Crippen molar-refractivity contribution in [2.75, 3.05) is 13.2 Å². The summed E-state index contributed by atoms with van der Waals surface area (Å²) in [6.45, 7) is 3.70. The number of aliphatic hydroxyl groups excluding tert-OH is 5. The average Bonchev–Trinajstić information content (AvgIpc) is 2.64. The lowest BCUT2D eigenvalue weighted by atomic mass is 9.93. The summed E-state index contributed by atoms with van der Waals surface area (Å²) in [4.78, 5) is 11.8. The largest absolute Gasteiger partial charge is 0.450 e. The van der Waals surface area contributed by atoms with Crippen LogP contribution in [-0.4, -0.2) is 87.4 Å². The average molecular weight is 390 g/mol. The van der Waals surface area contributed by atoms with E-state index in [0.717, 1.165) is 0 Å². The van der Waals surface area contributed by atoms with E-state index < -0.39 is 48.7 Å². The van der Waals surface area contributed by atoms with Crippen molar-refractivity contribution >= 4 is 6.09 Å². The number of alkyl carbamates (subject to hydrolysis) is 1. The molecule has 0 aromatic heterocycles. The molecule has 0 saturated carbocycles. The first-order chi connectivity index (χ1) is 12.8. The van der Waals surface area contributed by atoms with Crippen molar-refractivity contribution in [1.29, 1.82) is 0 Å². The van der Waals surface area contributed by atoms with Crippen LogP contribution in [-0.2, 0) is 4.74 Å². The minimum atomic E-state index is -1.31. The number of nitrogens with one attached hydrogen (secondary N) is 2. The molecule has 1 aliphatic rings. The Bertz CT molecular complexity index is 463. The van der Waals surface area contributed by atoms with Gasteiger partial charge < -0.3 is 40.9 Å². The fraction of sp³-hybridized carbons (Fsp3) is 0.833. The third-order valence-electron chi connectivity index (χ3n) is 4.72. The predicted molar refractivity (Wildman–Crippen MR) is 99.1 cm³/mol. The maximum absolute atomic E-state index is 11.8. The lowest BCUT2D eigenvalue weighted by Gasteiger charge is -2.33. The van der Waals surface area contributed by atoms with Crippen LogP contribution in [0, 0.1) is 0 Å². The Hall–Kier alpha value is -1.23. The van der Waals surface area contributed by atoms with Crippen molar-refractivity contribution in [1.82, 2.24) is 10.6 Å². The number of carbonyl (C=O) groups excluding carboxylic acids is 1. The van der Waals surface area contributed by atoms with Gasteiger partial charge in [-0.25, -0.2) is 4.79 Å². The number of carbonyl (C=O) groups is 1. The van der Waals surface area contributed by atoms with E-state index in [1.807, 2.05) is 0 Å². The molecule has 1 rings (SSSR count). The third-order valence-corrected chi connectivity index (χ3v) is 4.72. The zero-order valence-electron chi connectivity index (χ0n) is 16.0. The molecule has 0 radical (unpaired) electrons. The second kappa shape index (κ2) is 12.3. The molecule has 0 aromatic carbocycles. The first-order valence-corrected chi connectivity index (χ1v) is 9.52. The highest BCUT2D eigenvalue weighted by molar-refractivity contribution is 5.67. The summed E-state index contributed by atoms with van der Waals surface area (Å²) in [5.74, 6) is 0. The highest BCUT2D eigenvalue weighted by Gasteiger charge is 2.32. The first kappa shape index (κ1) is 23.8. The van der Waals surface area contributed by atoms with Crippen LogP contribution in [0.2, 0.25) is 0 Å². The maximum atomic E-state index is 11.8. The Labute approximate surface area is 160 Å². The second-order valence-corrected chi connectivity index (χ2v) is 6.84. The number of ether oxygens (including phenoxy) is 1. The van der Waals surface area contributed by atoms with Gasteiger partial charge in [-0.3, -0.25) is 0 Å². The van der Waals surface area contributed by atoms with Crippen molar-refractivity contribution in [2.45, 2.75) is 82.1 Å². The monoisotopic (exact) mass is 390 g/mol. The second-order valence-electron chi connectivity index (χ2n) is 6.84. The highest BCUT2D eigenvalue weighted by atomic mass is 16.5. The van der Waals surface area contributed by atoms with Crippen LogP contribution in [0.4, 0.5) is 4.79 Å². The van der Waals surface area contributed by atoms with Gasteiger partial charge in [0, 0.05) is 19.0 Å². The lowest BCUT2D eigenvalue weighted by Crippen LogP contribution is -2.56. The molecule has 0 saturated heterocycles. The lowest BCUT2D eigenvalue weighted by molar-refractivity contribution is -0.0723. The normalized spacial score (nSPS) is 30.5. The molecule has 0 heterocycles.